The van der Waals surface area contributed by atoms with Crippen LogP contribution in [0.3, 0.4) is 0 Å². The molecule has 3 N–H and O–H groups in total. The highest BCUT2D eigenvalue weighted by atomic mass is 16.8. The third kappa shape index (κ3) is 5.31. The SMILES string of the molecule is CC1=C(C#N)C(c2cccc([NH+]([O-])O)c2)C(C(=O)OCCN2CCN(C)CC2)=C(C)N1. The molecule has 2 heterocycles. The van der Waals surface area contributed by atoms with Crippen molar-refractivity contribution in [1.82, 2.24) is 15.1 Å². The van der Waals surface area contributed by atoms with Crippen LogP contribution in [0, 0.1) is 16.5 Å². The van der Waals surface area contributed by atoms with Crippen molar-refractivity contribution in [1.29, 1.82) is 5.26 Å². The van der Waals surface area contributed by atoms with Crippen LogP contribution in [-0.4, -0.2) is 67.4 Å². The van der Waals surface area contributed by atoms with Gasteiger partial charge in [-0.3, -0.25) is 4.90 Å². The van der Waals surface area contributed by atoms with Gasteiger partial charge in [0.15, 0.2) is 5.69 Å². The molecule has 0 radical (unpaired) electrons. The zero-order chi connectivity index (χ0) is 22.5. The first kappa shape index (κ1) is 22.9. The highest BCUT2D eigenvalue weighted by Gasteiger charge is 2.34. The number of dihydropyridines is 1. The zero-order valence-electron chi connectivity index (χ0n) is 18.1. The fraction of sp³-hybridized carbons (Fsp3) is 0.455. The number of nitrogens with zero attached hydrogens (tertiary/aromatic N) is 3. The van der Waals surface area contributed by atoms with Crippen LogP contribution in [0.1, 0.15) is 25.3 Å². The van der Waals surface area contributed by atoms with Crippen molar-refractivity contribution in [3.05, 3.63) is 57.6 Å². The van der Waals surface area contributed by atoms with E-state index in [9.17, 15) is 20.5 Å². The number of hydrogen-bond acceptors (Lipinski definition) is 8. The van der Waals surface area contributed by atoms with Crippen molar-refractivity contribution < 1.29 is 20.0 Å². The van der Waals surface area contributed by atoms with Gasteiger partial charge in [-0.15, -0.1) is 0 Å². The molecule has 0 aliphatic carbocycles. The van der Waals surface area contributed by atoms with Gasteiger partial charge in [0.25, 0.3) is 0 Å². The highest BCUT2D eigenvalue weighted by molar-refractivity contribution is 5.93. The number of ether oxygens (including phenoxy) is 1. The van der Waals surface area contributed by atoms with E-state index in [0.29, 0.717) is 34.6 Å². The van der Waals surface area contributed by atoms with Crippen molar-refractivity contribution in [3.63, 3.8) is 0 Å². The molecule has 2 aliphatic heterocycles. The molecular weight excluding hydrogens is 398 g/mol. The summed E-state index contributed by atoms with van der Waals surface area (Å²) in [6, 6.07) is 8.53. The predicted molar refractivity (Wildman–Crippen MR) is 114 cm³/mol. The number of carbonyl (C=O) groups is 1. The van der Waals surface area contributed by atoms with E-state index >= 15 is 0 Å². The second-order valence-corrected chi connectivity index (χ2v) is 7.96. The van der Waals surface area contributed by atoms with Gasteiger partial charge < -0.3 is 20.2 Å². The topological polar surface area (TPSA) is 116 Å². The van der Waals surface area contributed by atoms with Gasteiger partial charge in [-0.1, -0.05) is 12.1 Å². The van der Waals surface area contributed by atoms with Crippen molar-refractivity contribution in [2.75, 3.05) is 46.4 Å². The van der Waals surface area contributed by atoms with Crippen LogP contribution in [0.4, 0.5) is 5.69 Å². The molecule has 0 bridgehead atoms. The number of nitrogens with one attached hydrogen (secondary N) is 2. The van der Waals surface area contributed by atoms with Crippen molar-refractivity contribution in [2.24, 2.45) is 0 Å². The molecule has 1 saturated heterocycles. The lowest BCUT2D eigenvalue weighted by molar-refractivity contribution is -0.991. The molecule has 1 aromatic carbocycles. The fourth-order valence-corrected chi connectivity index (χ4v) is 4.01. The van der Waals surface area contributed by atoms with Crippen LogP contribution in [0.2, 0.25) is 0 Å². The zero-order valence-corrected chi connectivity index (χ0v) is 18.1. The average Bonchev–Trinajstić information content (AvgIpc) is 2.74. The Morgan fingerprint density at radius 2 is 2.03 bits per heavy atom. The van der Waals surface area contributed by atoms with Gasteiger partial charge in [0, 0.05) is 56.3 Å². The Morgan fingerprint density at radius 1 is 1.32 bits per heavy atom. The van der Waals surface area contributed by atoms with Gasteiger partial charge in [-0.25, -0.2) is 10.0 Å². The van der Waals surface area contributed by atoms with E-state index in [1.807, 2.05) is 0 Å². The van der Waals surface area contributed by atoms with Crippen LogP contribution in [-0.2, 0) is 9.53 Å². The van der Waals surface area contributed by atoms with Crippen molar-refractivity contribution in [2.45, 2.75) is 19.8 Å². The fourth-order valence-electron chi connectivity index (χ4n) is 4.01. The second kappa shape index (κ2) is 10.0. The van der Waals surface area contributed by atoms with Crippen LogP contribution in [0.25, 0.3) is 0 Å². The Hall–Kier alpha value is -2.74. The summed E-state index contributed by atoms with van der Waals surface area (Å²) in [5, 5.41) is 32.6. The van der Waals surface area contributed by atoms with E-state index in [0.717, 1.165) is 26.2 Å². The number of nitriles is 1. The van der Waals surface area contributed by atoms with Crippen molar-refractivity contribution in [3.8, 4) is 6.07 Å². The molecule has 31 heavy (non-hydrogen) atoms. The summed E-state index contributed by atoms with van der Waals surface area (Å²) in [6.45, 7) is 8.28. The van der Waals surface area contributed by atoms with E-state index < -0.39 is 17.1 Å². The lowest BCUT2D eigenvalue weighted by Gasteiger charge is -2.32. The molecule has 2 aliphatic rings. The van der Waals surface area contributed by atoms with E-state index in [2.05, 4.69) is 28.2 Å². The summed E-state index contributed by atoms with van der Waals surface area (Å²) >= 11 is 0. The average molecular weight is 428 g/mol. The molecule has 9 heteroatoms. The maximum absolute atomic E-state index is 13.1. The summed E-state index contributed by atoms with van der Waals surface area (Å²) in [5.74, 6) is -1.17. The molecule has 2 atom stereocenters. The summed E-state index contributed by atoms with van der Waals surface area (Å²) in [6.07, 6.45) is 0. The lowest BCUT2D eigenvalue weighted by Crippen LogP contribution is -2.99. The molecule has 166 valence electrons. The van der Waals surface area contributed by atoms with Crippen molar-refractivity contribution >= 4 is 11.7 Å². The van der Waals surface area contributed by atoms with Gasteiger partial charge in [-0.05, 0) is 26.5 Å². The summed E-state index contributed by atoms with van der Waals surface area (Å²) in [5.41, 5.74) is 2.63. The minimum atomic E-state index is -1.06. The maximum Gasteiger partial charge on any atom is 0.336 e. The lowest BCUT2D eigenvalue weighted by atomic mass is 9.81. The largest absolute Gasteiger partial charge is 0.595 e. The summed E-state index contributed by atoms with van der Waals surface area (Å²) in [7, 11) is 2.09. The molecular formula is C22H29N5O4. The molecule has 0 spiro atoms. The number of carbonyl (C=O) groups excluding carboxylic acids is 1. The van der Waals surface area contributed by atoms with Crippen LogP contribution in [0.15, 0.2) is 46.8 Å². The third-order valence-corrected chi connectivity index (χ3v) is 5.80. The molecule has 0 saturated carbocycles. The van der Waals surface area contributed by atoms with Gasteiger partial charge >= 0.3 is 5.97 Å². The molecule has 0 aromatic heterocycles. The predicted octanol–water partition coefficient (Wildman–Crippen LogP) is 0.639. The number of esters is 1. The van der Waals surface area contributed by atoms with Crippen LogP contribution in [0.5, 0.6) is 0 Å². The van der Waals surface area contributed by atoms with E-state index in [-0.39, 0.29) is 12.3 Å². The van der Waals surface area contributed by atoms with Gasteiger partial charge in [0.1, 0.15) is 6.61 Å². The highest BCUT2D eigenvalue weighted by Crippen LogP contribution is 2.38. The number of piperazine rings is 1. The Balaban J connectivity index is 1.81. The monoisotopic (exact) mass is 427 g/mol. The molecule has 1 aromatic rings. The third-order valence-electron chi connectivity index (χ3n) is 5.80. The molecule has 9 nitrogen and oxygen atoms in total. The first-order valence-electron chi connectivity index (χ1n) is 10.3. The maximum atomic E-state index is 13.1. The Bertz CT molecular complexity index is 926. The second-order valence-electron chi connectivity index (χ2n) is 7.96. The van der Waals surface area contributed by atoms with Gasteiger partial charge in [0.05, 0.1) is 23.1 Å². The van der Waals surface area contributed by atoms with Gasteiger partial charge in [0.2, 0.25) is 0 Å². The Morgan fingerprint density at radius 3 is 2.68 bits per heavy atom. The Kier molecular flexibility index (Phi) is 7.43. The van der Waals surface area contributed by atoms with E-state index in [1.165, 1.54) is 12.1 Å². The molecule has 2 unspecified atom stereocenters. The summed E-state index contributed by atoms with van der Waals surface area (Å²) < 4.78 is 5.60. The number of allylic oxidation sites excluding steroid dienone is 3. The smallest absolute Gasteiger partial charge is 0.336 e. The van der Waals surface area contributed by atoms with E-state index in [1.54, 1.807) is 26.0 Å². The number of rotatable bonds is 6. The number of benzene rings is 1. The minimum absolute atomic E-state index is 0.103. The molecule has 3 rings (SSSR count). The quantitative estimate of drug-likeness (QED) is 0.447. The Labute approximate surface area is 182 Å². The number of likely N-dealkylation sites (N-methyl/N-ethyl adjacent to an activating group) is 1. The first-order chi connectivity index (χ1) is 14.8. The van der Waals surface area contributed by atoms with Crippen LogP contribution >= 0.6 is 0 Å². The van der Waals surface area contributed by atoms with Crippen LogP contribution < -0.4 is 10.5 Å². The number of hydrogen-bond donors (Lipinski definition) is 3. The summed E-state index contributed by atoms with van der Waals surface area (Å²) in [4.78, 5) is 17.6. The normalized spacial score (nSPS) is 21.5. The van der Waals surface area contributed by atoms with E-state index in [4.69, 9.17) is 4.74 Å². The standard InChI is InChI=1S/C22H29N5O4/c1-15-19(14-23)21(17-5-4-6-18(13-17)27(29)30)20(16(2)24-15)22(28)31-12-11-26-9-7-25(3)8-10-26/h4-6,13,21,24,27,29H,7-12H2,1-3H3. The number of quaternary nitrogens is 1. The first-order valence-corrected chi connectivity index (χ1v) is 10.3. The minimum Gasteiger partial charge on any atom is -0.595 e. The molecule has 0 amide bonds. The molecule has 1 fully saturated rings. The van der Waals surface area contributed by atoms with Gasteiger partial charge in [-0.2, -0.15) is 10.5 Å².